The van der Waals surface area contributed by atoms with Crippen molar-refractivity contribution in [3.63, 3.8) is 0 Å². The molecule has 0 spiro atoms. The van der Waals surface area contributed by atoms with Gasteiger partial charge in [-0.1, -0.05) is 66.2 Å². The smallest absolute Gasteiger partial charge is 0.258 e. The Morgan fingerprint density at radius 3 is 2.40 bits per heavy atom. The van der Waals surface area contributed by atoms with Gasteiger partial charge in [0.05, 0.1) is 26.4 Å². The Labute approximate surface area is 206 Å². The minimum atomic E-state index is -4.07. The molecule has 0 aliphatic heterocycles. The first-order chi connectivity index (χ1) is 16.9. The second kappa shape index (κ2) is 8.98. The van der Waals surface area contributed by atoms with Crippen LogP contribution in [-0.2, 0) is 16.4 Å². The number of sulfone groups is 1. The topological polar surface area (TPSA) is 94.0 Å². The van der Waals surface area contributed by atoms with Crippen molar-refractivity contribution < 1.29 is 13.2 Å². The Kier molecular flexibility index (Phi) is 5.84. The monoisotopic (exact) mass is 502 g/mol. The number of amides is 1. The third kappa shape index (κ3) is 3.96. The molecule has 0 aliphatic rings. The van der Waals surface area contributed by atoms with Gasteiger partial charge < -0.3 is 9.88 Å². The minimum absolute atomic E-state index is 0.0501. The van der Waals surface area contributed by atoms with Crippen molar-refractivity contribution in [1.82, 2.24) is 14.5 Å². The van der Waals surface area contributed by atoms with Crippen molar-refractivity contribution in [1.29, 1.82) is 0 Å². The van der Waals surface area contributed by atoms with Crippen molar-refractivity contribution in [2.75, 3.05) is 5.32 Å². The summed E-state index contributed by atoms with van der Waals surface area (Å²) in [7, 11) is -4.07. The normalized spacial score (nSPS) is 11.6. The second-order valence-electron chi connectivity index (χ2n) is 7.72. The molecule has 5 rings (SSSR count). The van der Waals surface area contributed by atoms with Crippen LogP contribution >= 0.6 is 11.6 Å². The number of halogens is 1. The van der Waals surface area contributed by atoms with Crippen LogP contribution in [0.25, 0.3) is 21.9 Å². The van der Waals surface area contributed by atoms with E-state index in [-0.39, 0.29) is 21.3 Å². The van der Waals surface area contributed by atoms with Crippen molar-refractivity contribution >= 4 is 55.1 Å². The predicted octanol–water partition coefficient (Wildman–Crippen LogP) is 5.51. The molecule has 0 radical (unpaired) electrons. The summed E-state index contributed by atoms with van der Waals surface area (Å²) in [6.07, 6.45) is 1.70. The molecule has 1 amide bonds. The number of carbonyl (C=O) groups is 1. The van der Waals surface area contributed by atoms with Crippen LogP contribution in [-0.4, -0.2) is 28.9 Å². The Morgan fingerprint density at radius 1 is 0.971 bits per heavy atom. The van der Waals surface area contributed by atoms with E-state index < -0.39 is 20.9 Å². The van der Waals surface area contributed by atoms with Crippen LogP contribution in [0.3, 0.4) is 0 Å². The van der Waals surface area contributed by atoms with Crippen LogP contribution in [0.15, 0.2) is 102 Å². The van der Waals surface area contributed by atoms with Gasteiger partial charge in [-0.3, -0.25) is 4.79 Å². The summed E-state index contributed by atoms with van der Waals surface area (Å²) in [6.45, 7) is 4.20. The first-order valence-electron chi connectivity index (χ1n) is 10.7. The fourth-order valence-electron chi connectivity index (χ4n) is 3.96. The number of para-hydroxylation sites is 1. The van der Waals surface area contributed by atoms with Crippen LogP contribution in [0.4, 0.5) is 5.82 Å². The number of benzene rings is 3. The number of anilines is 1. The maximum absolute atomic E-state index is 13.4. The number of carbonyl (C=O) groups excluding carboxylic acids is 1. The van der Waals surface area contributed by atoms with Gasteiger partial charge in [-0.05, 0) is 30.3 Å². The van der Waals surface area contributed by atoms with Crippen LogP contribution in [0, 0.1) is 0 Å². The summed E-state index contributed by atoms with van der Waals surface area (Å²) >= 11 is 6.22. The summed E-state index contributed by atoms with van der Waals surface area (Å²) in [6, 6.07) is 22.0. The van der Waals surface area contributed by atoms with Gasteiger partial charge in [-0.25, -0.2) is 8.42 Å². The Hall–Kier alpha value is -4.01. The molecule has 2 heterocycles. The average Bonchev–Trinajstić information content (AvgIpc) is 3.19. The van der Waals surface area contributed by atoms with Crippen molar-refractivity contribution in [3.05, 3.63) is 102 Å². The lowest BCUT2D eigenvalue weighted by molar-refractivity contribution is 0.102. The highest BCUT2D eigenvalue weighted by molar-refractivity contribution is 7.91. The third-order valence-electron chi connectivity index (χ3n) is 5.55. The van der Waals surface area contributed by atoms with E-state index in [0.29, 0.717) is 17.6 Å². The maximum Gasteiger partial charge on any atom is 0.258 e. The standard InChI is InChI=1S/C26H19ClN4O3S/c1-2-16-31-21-15-9-7-13-19(21)22-23(28-25(32)18-12-6-8-14-20(18)27)29-26(30-24(22)31)35(33,34)17-10-4-3-5-11-17/h2-15H,1,16H2,(H,28,29,30,32). The summed E-state index contributed by atoms with van der Waals surface area (Å²) in [5.74, 6) is -0.437. The van der Waals surface area contributed by atoms with E-state index in [1.807, 2.05) is 28.8 Å². The molecule has 0 atom stereocenters. The number of nitrogens with one attached hydrogen (secondary N) is 1. The molecule has 0 aliphatic carbocycles. The zero-order valence-electron chi connectivity index (χ0n) is 18.3. The van der Waals surface area contributed by atoms with Crippen LogP contribution < -0.4 is 5.32 Å². The Bertz CT molecular complexity index is 1710. The molecule has 35 heavy (non-hydrogen) atoms. The zero-order valence-corrected chi connectivity index (χ0v) is 19.9. The van der Waals surface area contributed by atoms with E-state index in [4.69, 9.17) is 11.6 Å². The molecule has 7 nitrogen and oxygen atoms in total. The minimum Gasteiger partial charge on any atom is -0.321 e. The molecule has 5 aromatic rings. The number of nitrogens with zero attached hydrogens (tertiary/aromatic N) is 3. The fraction of sp³-hybridized carbons (Fsp3) is 0.0385. The summed E-state index contributed by atoms with van der Waals surface area (Å²) < 4.78 is 28.7. The van der Waals surface area contributed by atoms with Crippen molar-refractivity contribution in [3.8, 4) is 0 Å². The Balaban J connectivity index is 1.80. The van der Waals surface area contributed by atoms with Crippen molar-refractivity contribution in [2.45, 2.75) is 16.6 Å². The highest BCUT2D eigenvalue weighted by Gasteiger charge is 2.27. The van der Waals surface area contributed by atoms with Gasteiger partial charge in [-0.2, -0.15) is 9.97 Å². The number of aromatic nitrogens is 3. The van der Waals surface area contributed by atoms with Gasteiger partial charge in [0.25, 0.3) is 11.1 Å². The van der Waals surface area contributed by atoms with E-state index in [1.165, 1.54) is 12.1 Å². The Morgan fingerprint density at radius 2 is 1.66 bits per heavy atom. The van der Waals surface area contributed by atoms with Gasteiger partial charge in [0, 0.05) is 11.9 Å². The number of hydrogen-bond donors (Lipinski definition) is 1. The largest absolute Gasteiger partial charge is 0.321 e. The van der Waals surface area contributed by atoms with Crippen LogP contribution in [0.2, 0.25) is 5.02 Å². The third-order valence-corrected chi connectivity index (χ3v) is 7.43. The maximum atomic E-state index is 13.4. The SMILES string of the molecule is C=CCn1c2ccccc2c2c(NC(=O)c3ccccc3Cl)nc(S(=O)(=O)c3ccccc3)nc21. The van der Waals surface area contributed by atoms with E-state index >= 15 is 0 Å². The van der Waals surface area contributed by atoms with Gasteiger partial charge in [0.15, 0.2) is 0 Å². The van der Waals surface area contributed by atoms with Gasteiger partial charge in [0.2, 0.25) is 9.84 Å². The highest BCUT2D eigenvalue weighted by atomic mass is 35.5. The molecule has 2 aromatic heterocycles. The first-order valence-corrected chi connectivity index (χ1v) is 12.5. The lowest BCUT2D eigenvalue weighted by Crippen LogP contribution is -2.16. The molecule has 9 heteroatoms. The van der Waals surface area contributed by atoms with Crippen LogP contribution in [0.5, 0.6) is 0 Å². The zero-order chi connectivity index (χ0) is 24.6. The van der Waals surface area contributed by atoms with E-state index in [2.05, 4.69) is 21.9 Å². The van der Waals surface area contributed by atoms with Crippen LogP contribution in [0.1, 0.15) is 10.4 Å². The van der Waals surface area contributed by atoms with Gasteiger partial charge in [-0.15, -0.1) is 6.58 Å². The predicted molar refractivity (Wildman–Crippen MR) is 137 cm³/mol. The fourth-order valence-corrected chi connectivity index (χ4v) is 5.32. The molecule has 3 aromatic carbocycles. The van der Waals surface area contributed by atoms with E-state index in [9.17, 15) is 13.2 Å². The van der Waals surface area contributed by atoms with Gasteiger partial charge >= 0.3 is 0 Å². The summed E-state index contributed by atoms with van der Waals surface area (Å²) in [5.41, 5.74) is 1.41. The number of rotatable bonds is 6. The summed E-state index contributed by atoms with van der Waals surface area (Å²) in [4.78, 5) is 22.0. The van der Waals surface area contributed by atoms with Crippen molar-refractivity contribution in [2.24, 2.45) is 0 Å². The lowest BCUT2D eigenvalue weighted by Gasteiger charge is -2.11. The molecule has 1 N–H and O–H groups in total. The molecule has 174 valence electrons. The molecular formula is C26H19ClN4O3S. The average molecular weight is 503 g/mol. The van der Waals surface area contributed by atoms with E-state index in [0.717, 1.165) is 10.9 Å². The number of fused-ring (bicyclic) bond motifs is 3. The molecular weight excluding hydrogens is 484 g/mol. The molecule has 0 saturated carbocycles. The van der Waals surface area contributed by atoms with Gasteiger partial charge in [0.1, 0.15) is 11.5 Å². The number of hydrogen-bond acceptors (Lipinski definition) is 5. The lowest BCUT2D eigenvalue weighted by atomic mass is 10.2. The second-order valence-corrected chi connectivity index (χ2v) is 9.97. The first kappa shape index (κ1) is 22.8. The summed E-state index contributed by atoms with van der Waals surface area (Å²) in [5, 5.41) is 3.91. The van der Waals surface area contributed by atoms with E-state index in [1.54, 1.807) is 48.5 Å². The molecule has 0 saturated heterocycles. The molecule has 0 bridgehead atoms. The quantitative estimate of drug-likeness (QED) is 0.244. The molecule has 0 fully saturated rings. The number of allylic oxidation sites excluding steroid dienone is 1. The highest BCUT2D eigenvalue weighted by Crippen LogP contribution is 2.34. The molecule has 0 unspecified atom stereocenters.